The lowest BCUT2D eigenvalue weighted by atomic mass is 10.2. The fraction of sp³-hybridized carbons (Fsp3) is 0.0833. The van der Waals surface area contributed by atoms with Crippen LogP contribution in [0.4, 0.5) is 5.69 Å². The lowest BCUT2D eigenvalue weighted by Gasteiger charge is -2.05. The molecule has 1 N–H and O–H groups in total. The van der Waals surface area contributed by atoms with Gasteiger partial charge in [-0.25, -0.2) is 0 Å². The predicted octanol–water partition coefficient (Wildman–Crippen LogP) is 2.54. The molecule has 0 fully saturated rings. The maximum atomic E-state index is 12.3. The summed E-state index contributed by atoms with van der Waals surface area (Å²) in [4.78, 5) is 7.72. The molecule has 0 unspecified atom stereocenters. The predicted molar refractivity (Wildman–Crippen MR) is 82.8 cm³/mol. The van der Waals surface area contributed by atoms with Crippen molar-refractivity contribution in [1.29, 1.82) is 0 Å². The maximum Gasteiger partial charge on any atom is 0.299 e. The number of aryl methyl sites for hydroxylation is 1. The summed E-state index contributed by atoms with van der Waals surface area (Å²) in [5.41, 5.74) is 1.33. The molecule has 2 heterocycles. The number of hydrogen-bond acceptors (Lipinski definition) is 5. The van der Waals surface area contributed by atoms with Crippen LogP contribution in [0.5, 0.6) is 0 Å². The number of nitrogens with zero attached hydrogens (tertiary/aromatic N) is 4. The van der Waals surface area contributed by atoms with Gasteiger partial charge in [-0.15, -0.1) is 5.10 Å². The second-order valence-corrected chi connectivity index (χ2v) is 6.83. The summed E-state index contributed by atoms with van der Waals surface area (Å²) >= 11 is 11.7. The number of halogens is 2. The fourth-order valence-corrected chi connectivity index (χ4v) is 3.18. The highest BCUT2D eigenvalue weighted by molar-refractivity contribution is 7.92. The molecule has 0 spiro atoms. The van der Waals surface area contributed by atoms with Crippen molar-refractivity contribution in [1.82, 2.24) is 19.6 Å². The van der Waals surface area contributed by atoms with Crippen molar-refractivity contribution in [3.8, 4) is 0 Å². The van der Waals surface area contributed by atoms with E-state index in [0.717, 1.165) is 10.1 Å². The van der Waals surface area contributed by atoms with Crippen LogP contribution in [0.3, 0.4) is 0 Å². The van der Waals surface area contributed by atoms with Crippen LogP contribution in [0.15, 0.2) is 35.5 Å². The van der Waals surface area contributed by atoms with Crippen LogP contribution < -0.4 is 4.72 Å². The Morgan fingerprint density at radius 1 is 1.18 bits per heavy atom. The average molecular weight is 358 g/mol. The van der Waals surface area contributed by atoms with Gasteiger partial charge in [0.15, 0.2) is 0 Å². The van der Waals surface area contributed by atoms with Crippen LogP contribution in [0.25, 0.3) is 5.78 Å². The Morgan fingerprint density at radius 2 is 1.95 bits per heavy atom. The normalized spacial score (nSPS) is 11.8. The third-order valence-electron chi connectivity index (χ3n) is 2.73. The van der Waals surface area contributed by atoms with Gasteiger partial charge in [0.05, 0.1) is 0 Å². The van der Waals surface area contributed by atoms with E-state index in [0.29, 0.717) is 5.69 Å². The largest absolute Gasteiger partial charge is 0.299 e. The van der Waals surface area contributed by atoms with Gasteiger partial charge >= 0.3 is 0 Å². The number of rotatable bonds is 3. The third kappa shape index (κ3) is 2.85. The number of anilines is 1. The molecule has 3 rings (SSSR count). The molecule has 0 saturated heterocycles. The standard InChI is InChI=1S/C12H9Cl2N5O2S/c1-7-3-2-4-8(5-7)18-22(20,21)12-16-11-15-9(13)6-10(14)19(11)17-12/h2-6,18H,1H3. The van der Waals surface area contributed by atoms with E-state index in [2.05, 4.69) is 19.8 Å². The topological polar surface area (TPSA) is 89.2 Å². The molecule has 0 amide bonds. The monoisotopic (exact) mass is 357 g/mol. The maximum absolute atomic E-state index is 12.3. The van der Waals surface area contributed by atoms with E-state index in [1.54, 1.807) is 18.2 Å². The minimum absolute atomic E-state index is 0.00196. The quantitative estimate of drug-likeness (QED) is 0.727. The van der Waals surface area contributed by atoms with Gasteiger partial charge in [-0.05, 0) is 24.6 Å². The highest BCUT2D eigenvalue weighted by Crippen LogP contribution is 2.18. The molecular formula is C12H9Cl2N5O2S. The van der Waals surface area contributed by atoms with Crippen molar-refractivity contribution < 1.29 is 8.42 Å². The van der Waals surface area contributed by atoms with Crippen LogP contribution in [-0.4, -0.2) is 28.0 Å². The SMILES string of the molecule is Cc1cccc(NS(=O)(=O)c2nc3nc(Cl)cc(Cl)n3n2)c1. The molecule has 0 atom stereocenters. The van der Waals surface area contributed by atoms with Gasteiger partial charge in [0.1, 0.15) is 10.3 Å². The molecule has 0 aliphatic carbocycles. The Kier molecular flexibility index (Phi) is 3.67. The van der Waals surface area contributed by atoms with E-state index >= 15 is 0 Å². The Bertz CT molecular complexity index is 971. The van der Waals surface area contributed by atoms with Gasteiger partial charge in [0, 0.05) is 11.8 Å². The molecule has 1 aromatic carbocycles. The van der Waals surface area contributed by atoms with E-state index in [1.807, 2.05) is 13.0 Å². The van der Waals surface area contributed by atoms with E-state index in [1.165, 1.54) is 6.07 Å². The van der Waals surface area contributed by atoms with Gasteiger partial charge in [-0.3, -0.25) is 4.72 Å². The van der Waals surface area contributed by atoms with Gasteiger partial charge < -0.3 is 0 Å². The van der Waals surface area contributed by atoms with E-state index in [9.17, 15) is 8.42 Å². The van der Waals surface area contributed by atoms with Crippen LogP contribution in [0.1, 0.15) is 5.56 Å². The molecule has 114 valence electrons. The second kappa shape index (κ2) is 5.38. The van der Waals surface area contributed by atoms with Crippen molar-refractivity contribution in [3.63, 3.8) is 0 Å². The number of benzene rings is 1. The molecular weight excluding hydrogens is 349 g/mol. The molecule has 22 heavy (non-hydrogen) atoms. The molecule has 7 nitrogen and oxygen atoms in total. The summed E-state index contributed by atoms with van der Waals surface area (Å²) in [5.74, 6) is 0.00196. The molecule has 3 aromatic rings. The molecule has 0 aliphatic heterocycles. The van der Waals surface area contributed by atoms with Crippen LogP contribution >= 0.6 is 23.2 Å². The molecule has 0 radical (unpaired) electrons. The zero-order valence-corrected chi connectivity index (χ0v) is 13.5. The van der Waals surface area contributed by atoms with E-state index in [4.69, 9.17) is 23.2 Å². The van der Waals surface area contributed by atoms with Crippen molar-refractivity contribution in [2.45, 2.75) is 12.1 Å². The number of aromatic nitrogens is 4. The molecule has 0 aliphatic rings. The van der Waals surface area contributed by atoms with E-state index in [-0.39, 0.29) is 16.1 Å². The first kappa shape index (κ1) is 15.0. The lowest BCUT2D eigenvalue weighted by molar-refractivity contribution is 0.592. The first-order chi connectivity index (χ1) is 10.3. The summed E-state index contributed by atoms with van der Waals surface area (Å²) in [7, 11) is -3.96. The average Bonchev–Trinajstić information content (AvgIpc) is 2.83. The summed E-state index contributed by atoms with van der Waals surface area (Å²) in [6.45, 7) is 1.85. The lowest BCUT2D eigenvalue weighted by Crippen LogP contribution is -2.14. The summed E-state index contributed by atoms with van der Waals surface area (Å²) in [6.07, 6.45) is 0. The molecule has 0 saturated carbocycles. The highest BCUT2D eigenvalue weighted by Gasteiger charge is 2.22. The number of sulfonamides is 1. The fourth-order valence-electron chi connectivity index (χ4n) is 1.81. The van der Waals surface area contributed by atoms with Crippen LogP contribution in [0.2, 0.25) is 10.3 Å². The second-order valence-electron chi connectivity index (χ2n) is 4.48. The van der Waals surface area contributed by atoms with Crippen molar-refractivity contribution in [2.75, 3.05) is 4.72 Å². The first-order valence-corrected chi connectivity index (χ1v) is 8.27. The Labute approximate surface area is 136 Å². The van der Waals surface area contributed by atoms with Crippen molar-refractivity contribution in [3.05, 3.63) is 46.2 Å². The summed E-state index contributed by atoms with van der Waals surface area (Å²) in [6, 6.07) is 8.25. The van der Waals surface area contributed by atoms with Gasteiger partial charge in [0.2, 0.25) is 0 Å². The smallest absolute Gasteiger partial charge is 0.277 e. The van der Waals surface area contributed by atoms with Crippen LogP contribution in [-0.2, 0) is 10.0 Å². The molecule has 0 bridgehead atoms. The number of hydrogen-bond donors (Lipinski definition) is 1. The minimum atomic E-state index is -3.96. The zero-order chi connectivity index (χ0) is 15.9. The van der Waals surface area contributed by atoms with Crippen molar-refractivity contribution >= 4 is 44.7 Å². The highest BCUT2D eigenvalue weighted by atomic mass is 35.5. The molecule has 2 aromatic heterocycles. The minimum Gasteiger partial charge on any atom is -0.277 e. The van der Waals surface area contributed by atoms with E-state index < -0.39 is 15.2 Å². The number of fused-ring (bicyclic) bond motifs is 1. The van der Waals surface area contributed by atoms with Gasteiger partial charge in [-0.2, -0.15) is 22.9 Å². The zero-order valence-electron chi connectivity index (χ0n) is 11.2. The Balaban J connectivity index is 2.04. The van der Waals surface area contributed by atoms with Gasteiger partial charge in [-0.1, -0.05) is 35.3 Å². The number of nitrogens with one attached hydrogen (secondary N) is 1. The molecule has 10 heteroatoms. The first-order valence-electron chi connectivity index (χ1n) is 6.03. The van der Waals surface area contributed by atoms with Crippen molar-refractivity contribution in [2.24, 2.45) is 0 Å². The third-order valence-corrected chi connectivity index (χ3v) is 4.35. The Morgan fingerprint density at radius 3 is 2.68 bits per heavy atom. The summed E-state index contributed by atoms with van der Waals surface area (Å²) < 4.78 is 28.1. The Hall–Kier alpha value is -1.90. The van der Waals surface area contributed by atoms with Gasteiger partial charge in [0.25, 0.3) is 21.0 Å². The summed E-state index contributed by atoms with van der Waals surface area (Å²) in [5, 5.41) is 3.61. The van der Waals surface area contributed by atoms with Crippen LogP contribution in [0, 0.1) is 6.92 Å².